The Morgan fingerprint density at radius 2 is 1.84 bits per heavy atom. The highest BCUT2D eigenvalue weighted by Gasteiger charge is 2.26. The van der Waals surface area contributed by atoms with Crippen LogP contribution in [0.15, 0.2) is 22.7 Å². The van der Waals surface area contributed by atoms with Gasteiger partial charge in [-0.15, -0.1) is 0 Å². The van der Waals surface area contributed by atoms with Crippen LogP contribution in [0.25, 0.3) is 0 Å². The van der Waals surface area contributed by atoms with Crippen molar-refractivity contribution in [3.63, 3.8) is 0 Å². The minimum absolute atomic E-state index is 0.0493. The van der Waals surface area contributed by atoms with E-state index in [2.05, 4.69) is 29.8 Å². The summed E-state index contributed by atoms with van der Waals surface area (Å²) in [4.78, 5) is 11.7. The topological polar surface area (TPSA) is 26.3 Å². The molecule has 2 atom stereocenters. The lowest BCUT2D eigenvalue weighted by Gasteiger charge is -2.32. The fraction of sp³-hybridized carbons (Fsp3) is 0.562. The Morgan fingerprint density at radius 1 is 1.21 bits per heavy atom. The molecule has 2 rings (SSSR count). The van der Waals surface area contributed by atoms with Crippen LogP contribution in [0.4, 0.5) is 0 Å². The Balaban J connectivity index is 2.16. The predicted octanol–water partition coefficient (Wildman–Crippen LogP) is 4.86. The lowest BCUT2D eigenvalue weighted by atomic mass is 9.82. The largest absolute Gasteiger partial charge is 0.490 e. The molecule has 2 nitrogen and oxygen atoms in total. The minimum atomic E-state index is 0.0493. The third kappa shape index (κ3) is 3.82. The van der Waals surface area contributed by atoms with E-state index >= 15 is 0 Å². The van der Waals surface area contributed by atoms with Crippen molar-refractivity contribution < 1.29 is 9.53 Å². The molecule has 3 heteroatoms. The van der Waals surface area contributed by atoms with E-state index in [1.165, 1.54) is 6.42 Å². The summed E-state index contributed by atoms with van der Waals surface area (Å²) in [5.74, 6) is 2.17. The summed E-state index contributed by atoms with van der Waals surface area (Å²) < 4.78 is 7.01. The smallest absolute Gasteiger partial charge is 0.163 e. The third-order valence-electron chi connectivity index (χ3n) is 3.75. The lowest BCUT2D eigenvalue weighted by Crippen LogP contribution is -2.28. The molecule has 0 N–H and O–H groups in total. The first kappa shape index (κ1) is 14.6. The van der Waals surface area contributed by atoms with Crippen molar-refractivity contribution in [2.75, 3.05) is 0 Å². The summed E-state index contributed by atoms with van der Waals surface area (Å²) in [6, 6.07) is 5.66. The Labute approximate surface area is 123 Å². The molecule has 1 aliphatic carbocycles. The third-order valence-corrected chi connectivity index (χ3v) is 4.24. The van der Waals surface area contributed by atoms with Crippen LogP contribution >= 0.6 is 15.9 Å². The van der Waals surface area contributed by atoms with Crippen molar-refractivity contribution in [2.45, 2.75) is 46.1 Å². The number of hydrogen-bond donors (Lipinski definition) is 0. The molecule has 0 spiro atoms. The number of ketones is 1. The number of benzene rings is 1. The number of carbonyl (C=O) groups is 1. The summed E-state index contributed by atoms with van der Waals surface area (Å²) in [7, 11) is 0. The number of rotatable bonds is 3. The van der Waals surface area contributed by atoms with Crippen LogP contribution in [0.1, 0.15) is 50.4 Å². The monoisotopic (exact) mass is 324 g/mol. The second-order valence-corrected chi connectivity index (χ2v) is 6.77. The van der Waals surface area contributed by atoms with Crippen molar-refractivity contribution in [1.29, 1.82) is 0 Å². The number of ether oxygens (including phenoxy) is 1. The van der Waals surface area contributed by atoms with Gasteiger partial charge in [-0.05, 0) is 56.2 Å². The van der Waals surface area contributed by atoms with Crippen molar-refractivity contribution >= 4 is 21.7 Å². The van der Waals surface area contributed by atoms with Gasteiger partial charge in [0, 0.05) is 4.47 Å². The van der Waals surface area contributed by atoms with Crippen molar-refractivity contribution in [1.82, 2.24) is 0 Å². The molecule has 1 aromatic rings. The first-order valence-electron chi connectivity index (χ1n) is 6.93. The molecule has 0 aliphatic heterocycles. The van der Waals surface area contributed by atoms with E-state index in [9.17, 15) is 4.79 Å². The number of Topliss-reactive ketones (excluding diaryl/α,β-unsaturated/α-hetero) is 1. The van der Waals surface area contributed by atoms with Crippen molar-refractivity contribution in [2.24, 2.45) is 11.8 Å². The molecule has 0 aromatic heterocycles. The SMILES string of the molecule is CC(=O)c1cc(Br)ccc1OC1CC(C)CC(C)C1. The fourth-order valence-corrected chi connectivity index (χ4v) is 3.39. The number of carbonyl (C=O) groups excluding carboxylic acids is 1. The van der Waals surface area contributed by atoms with E-state index in [-0.39, 0.29) is 11.9 Å². The maximum Gasteiger partial charge on any atom is 0.163 e. The predicted molar refractivity (Wildman–Crippen MR) is 80.7 cm³/mol. The van der Waals surface area contributed by atoms with Gasteiger partial charge in [0.2, 0.25) is 0 Å². The van der Waals surface area contributed by atoms with Crippen LogP contribution in [0.2, 0.25) is 0 Å². The molecule has 104 valence electrons. The van der Waals surface area contributed by atoms with E-state index in [0.717, 1.165) is 23.1 Å². The molecule has 2 unspecified atom stereocenters. The van der Waals surface area contributed by atoms with E-state index in [1.54, 1.807) is 6.92 Å². The zero-order valence-electron chi connectivity index (χ0n) is 11.8. The van der Waals surface area contributed by atoms with E-state index < -0.39 is 0 Å². The van der Waals surface area contributed by atoms with Crippen molar-refractivity contribution in [3.8, 4) is 5.75 Å². The highest BCUT2D eigenvalue weighted by Crippen LogP contribution is 2.33. The maximum absolute atomic E-state index is 11.7. The zero-order chi connectivity index (χ0) is 14.0. The van der Waals surface area contributed by atoms with Gasteiger partial charge in [-0.25, -0.2) is 0 Å². The lowest BCUT2D eigenvalue weighted by molar-refractivity contribution is 0.0941. The summed E-state index contributed by atoms with van der Waals surface area (Å²) in [5.41, 5.74) is 0.667. The van der Waals surface area contributed by atoms with Crippen LogP contribution in [0.5, 0.6) is 5.75 Å². The van der Waals surface area contributed by atoms with Crippen LogP contribution in [0, 0.1) is 11.8 Å². The zero-order valence-corrected chi connectivity index (χ0v) is 13.4. The molecule has 1 aliphatic rings. The standard InChI is InChI=1S/C16H21BrO2/c1-10-6-11(2)8-14(7-10)19-16-5-4-13(17)9-15(16)12(3)18/h4-5,9-11,14H,6-8H2,1-3H3. The van der Waals surface area contributed by atoms with Gasteiger partial charge in [0.15, 0.2) is 5.78 Å². The summed E-state index contributed by atoms with van der Waals surface area (Å²) in [5, 5.41) is 0. The summed E-state index contributed by atoms with van der Waals surface area (Å²) >= 11 is 3.40. The van der Waals surface area contributed by atoms with Crippen LogP contribution in [-0.4, -0.2) is 11.9 Å². The fourth-order valence-electron chi connectivity index (χ4n) is 3.03. The Kier molecular flexibility index (Phi) is 4.67. The molecule has 1 saturated carbocycles. The normalized spacial score (nSPS) is 27.1. The molecule has 1 fully saturated rings. The van der Waals surface area contributed by atoms with Crippen LogP contribution in [-0.2, 0) is 0 Å². The Bertz CT molecular complexity index is 460. The second kappa shape index (κ2) is 6.08. The molecule has 0 bridgehead atoms. The average Bonchev–Trinajstić information content (AvgIpc) is 2.30. The van der Waals surface area contributed by atoms with E-state index in [1.807, 2.05) is 18.2 Å². The number of hydrogen-bond acceptors (Lipinski definition) is 2. The summed E-state index contributed by atoms with van der Waals surface area (Å²) in [6.45, 7) is 6.14. The van der Waals surface area contributed by atoms with Gasteiger partial charge in [-0.3, -0.25) is 4.79 Å². The molecule has 1 aromatic carbocycles. The van der Waals surface area contributed by atoms with Gasteiger partial charge >= 0.3 is 0 Å². The highest BCUT2D eigenvalue weighted by atomic mass is 79.9. The van der Waals surface area contributed by atoms with Gasteiger partial charge in [-0.2, -0.15) is 0 Å². The van der Waals surface area contributed by atoms with Gasteiger partial charge < -0.3 is 4.74 Å². The van der Waals surface area contributed by atoms with Crippen molar-refractivity contribution in [3.05, 3.63) is 28.2 Å². The Morgan fingerprint density at radius 3 is 2.42 bits per heavy atom. The molecule has 0 heterocycles. The molecule has 0 radical (unpaired) electrons. The molecule has 0 saturated heterocycles. The first-order valence-corrected chi connectivity index (χ1v) is 7.72. The quantitative estimate of drug-likeness (QED) is 0.742. The number of halogens is 1. The minimum Gasteiger partial charge on any atom is -0.490 e. The molecular formula is C16H21BrO2. The second-order valence-electron chi connectivity index (χ2n) is 5.85. The molecular weight excluding hydrogens is 304 g/mol. The van der Waals surface area contributed by atoms with Gasteiger partial charge in [-0.1, -0.05) is 29.8 Å². The van der Waals surface area contributed by atoms with Crippen LogP contribution in [0.3, 0.4) is 0 Å². The van der Waals surface area contributed by atoms with E-state index in [4.69, 9.17) is 4.74 Å². The maximum atomic E-state index is 11.7. The molecule has 0 amide bonds. The van der Waals surface area contributed by atoms with Crippen LogP contribution < -0.4 is 4.74 Å². The van der Waals surface area contributed by atoms with Gasteiger partial charge in [0.25, 0.3) is 0 Å². The van der Waals surface area contributed by atoms with Gasteiger partial charge in [0.05, 0.1) is 11.7 Å². The summed E-state index contributed by atoms with van der Waals surface area (Å²) in [6.07, 6.45) is 3.67. The molecule has 19 heavy (non-hydrogen) atoms. The average molecular weight is 325 g/mol. The first-order chi connectivity index (χ1) is 8.95. The van der Waals surface area contributed by atoms with Gasteiger partial charge in [0.1, 0.15) is 5.75 Å². The van der Waals surface area contributed by atoms with E-state index in [0.29, 0.717) is 17.4 Å². The highest BCUT2D eigenvalue weighted by molar-refractivity contribution is 9.10. The Hall–Kier alpha value is -0.830.